The molecule has 3 N–H and O–H groups in total. The zero-order valence-corrected chi connectivity index (χ0v) is 10.1. The van der Waals surface area contributed by atoms with Gasteiger partial charge in [0, 0.05) is 13.6 Å². The predicted octanol–water partition coefficient (Wildman–Crippen LogP) is 1.81. The van der Waals surface area contributed by atoms with Gasteiger partial charge in [0.2, 0.25) is 5.91 Å². The summed E-state index contributed by atoms with van der Waals surface area (Å²) in [7, 11) is 1.88. The monoisotopic (exact) mass is 233 g/mol. The van der Waals surface area contributed by atoms with Gasteiger partial charge in [0.1, 0.15) is 6.04 Å². The molecule has 1 amide bonds. The van der Waals surface area contributed by atoms with E-state index >= 15 is 0 Å². The smallest absolute Gasteiger partial charge is 0.242 e. The lowest BCUT2D eigenvalue weighted by Crippen LogP contribution is -2.37. The molecule has 4 heteroatoms. The van der Waals surface area contributed by atoms with Gasteiger partial charge in [0.25, 0.3) is 0 Å². The summed E-state index contributed by atoms with van der Waals surface area (Å²) in [5.41, 5.74) is 2.00. The number of amides is 1. The van der Waals surface area contributed by atoms with Crippen molar-refractivity contribution in [3.8, 4) is 0 Å². The van der Waals surface area contributed by atoms with E-state index in [-0.39, 0.29) is 11.9 Å². The molecule has 0 saturated carbocycles. The van der Waals surface area contributed by atoms with E-state index in [0.717, 1.165) is 37.2 Å². The van der Waals surface area contributed by atoms with Gasteiger partial charge < -0.3 is 16.0 Å². The molecule has 1 heterocycles. The number of rotatable bonds is 3. The van der Waals surface area contributed by atoms with Gasteiger partial charge in [-0.2, -0.15) is 0 Å². The minimum atomic E-state index is -0.119. The summed E-state index contributed by atoms with van der Waals surface area (Å²) in [6, 6.07) is 7.81. The van der Waals surface area contributed by atoms with Gasteiger partial charge in [-0.15, -0.1) is 0 Å². The van der Waals surface area contributed by atoms with Crippen LogP contribution in [0.15, 0.2) is 24.3 Å². The molecule has 1 fully saturated rings. The Labute approximate surface area is 102 Å². The van der Waals surface area contributed by atoms with Crippen LogP contribution in [0, 0.1) is 0 Å². The average molecular weight is 233 g/mol. The Balaban J connectivity index is 2.10. The molecule has 1 aromatic carbocycles. The normalized spacial score (nSPS) is 20.3. The zero-order valence-electron chi connectivity index (χ0n) is 10.1. The first-order valence-corrected chi connectivity index (χ1v) is 6.12. The molecule has 2 rings (SSSR count). The molecule has 92 valence electrons. The van der Waals surface area contributed by atoms with Crippen LogP contribution < -0.4 is 16.0 Å². The lowest BCUT2D eigenvalue weighted by molar-refractivity contribution is -0.121. The van der Waals surface area contributed by atoms with Gasteiger partial charge in [-0.05, 0) is 31.4 Å². The van der Waals surface area contributed by atoms with E-state index in [9.17, 15) is 4.79 Å². The van der Waals surface area contributed by atoms with Gasteiger partial charge in [-0.25, -0.2) is 0 Å². The molecular formula is C13H19N3O. The second kappa shape index (κ2) is 5.57. The highest BCUT2D eigenvalue weighted by atomic mass is 16.2. The first kappa shape index (κ1) is 11.8. The number of carbonyl (C=O) groups is 1. The van der Waals surface area contributed by atoms with Crippen molar-refractivity contribution in [1.82, 2.24) is 5.32 Å². The van der Waals surface area contributed by atoms with Gasteiger partial charge >= 0.3 is 0 Å². The molecule has 0 aliphatic carbocycles. The quantitative estimate of drug-likeness (QED) is 0.746. The molecule has 0 bridgehead atoms. The summed E-state index contributed by atoms with van der Waals surface area (Å²) in [5, 5.41) is 9.37. The van der Waals surface area contributed by atoms with Crippen molar-refractivity contribution in [3.63, 3.8) is 0 Å². The Bertz CT molecular complexity index is 392. The Kier molecular flexibility index (Phi) is 3.85. The van der Waals surface area contributed by atoms with Crippen LogP contribution in [0.4, 0.5) is 11.4 Å². The Morgan fingerprint density at radius 2 is 2.00 bits per heavy atom. The molecule has 0 aromatic heterocycles. The third kappa shape index (κ3) is 2.90. The summed E-state index contributed by atoms with van der Waals surface area (Å²) in [6.45, 7) is 0.796. The van der Waals surface area contributed by atoms with Crippen LogP contribution in [0.5, 0.6) is 0 Å². The van der Waals surface area contributed by atoms with Gasteiger partial charge in [0.05, 0.1) is 11.4 Å². The number of hydrogen-bond acceptors (Lipinski definition) is 3. The molecule has 0 radical (unpaired) electrons. The maximum atomic E-state index is 11.8. The molecule has 1 aliphatic heterocycles. The summed E-state index contributed by atoms with van der Waals surface area (Å²) in [5.74, 6) is 0.105. The van der Waals surface area contributed by atoms with E-state index in [2.05, 4.69) is 16.0 Å². The first-order chi connectivity index (χ1) is 8.31. The predicted molar refractivity (Wildman–Crippen MR) is 70.3 cm³/mol. The topological polar surface area (TPSA) is 53.2 Å². The highest BCUT2D eigenvalue weighted by Crippen LogP contribution is 2.22. The third-order valence-corrected chi connectivity index (χ3v) is 3.06. The van der Waals surface area contributed by atoms with Crippen LogP contribution in [0.3, 0.4) is 0 Å². The van der Waals surface area contributed by atoms with Crippen LogP contribution in [-0.4, -0.2) is 25.5 Å². The Hall–Kier alpha value is -1.71. The molecule has 1 aromatic rings. The standard InChI is InChI=1S/C13H19N3O/c1-14-10-6-2-3-7-11(10)16-12-8-4-5-9-15-13(12)17/h2-3,6-7,12,14,16H,4-5,8-9H2,1H3,(H,15,17). The molecule has 1 unspecified atom stereocenters. The fourth-order valence-corrected chi connectivity index (χ4v) is 2.09. The van der Waals surface area contributed by atoms with Crippen LogP contribution >= 0.6 is 0 Å². The van der Waals surface area contributed by atoms with E-state index in [1.54, 1.807) is 0 Å². The van der Waals surface area contributed by atoms with Crippen molar-refractivity contribution in [2.75, 3.05) is 24.2 Å². The van der Waals surface area contributed by atoms with E-state index in [0.29, 0.717) is 0 Å². The molecule has 1 aliphatic rings. The average Bonchev–Trinajstić information content (AvgIpc) is 2.56. The van der Waals surface area contributed by atoms with Crippen molar-refractivity contribution < 1.29 is 4.79 Å². The van der Waals surface area contributed by atoms with Crippen molar-refractivity contribution in [2.45, 2.75) is 25.3 Å². The minimum Gasteiger partial charge on any atom is -0.386 e. The van der Waals surface area contributed by atoms with E-state index in [4.69, 9.17) is 0 Å². The van der Waals surface area contributed by atoms with Gasteiger partial charge in [0.15, 0.2) is 0 Å². The SMILES string of the molecule is CNc1ccccc1NC1CCCCNC1=O. The molecule has 1 atom stereocenters. The molecule has 0 spiro atoms. The summed E-state index contributed by atoms with van der Waals surface area (Å²) < 4.78 is 0. The minimum absolute atomic E-state index is 0.105. The third-order valence-electron chi connectivity index (χ3n) is 3.06. The number of anilines is 2. The van der Waals surface area contributed by atoms with Crippen LogP contribution in [0.1, 0.15) is 19.3 Å². The fraction of sp³-hybridized carbons (Fsp3) is 0.462. The molecule has 1 saturated heterocycles. The number of benzene rings is 1. The van der Waals surface area contributed by atoms with Gasteiger partial charge in [-0.1, -0.05) is 12.1 Å². The van der Waals surface area contributed by atoms with Crippen LogP contribution in [-0.2, 0) is 4.79 Å². The Morgan fingerprint density at radius 3 is 2.76 bits per heavy atom. The fourth-order valence-electron chi connectivity index (χ4n) is 2.09. The van der Waals surface area contributed by atoms with Crippen LogP contribution in [0.2, 0.25) is 0 Å². The first-order valence-electron chi connectivity index (χ1n) is 6.12. The lowest BCUT2D eigenvalue weighted by atomic mass is 10.1. The van der Waals surface area contributed by atoms with Crippen molar-refractivity contribution in [3.05, 3.63) is 24.3 Å². The maximum Gasteiger partial charge on any atom is 0.242 e. The summed E-state index contributed by atoms with van der Waals surface area (Å²) in [4.78, 5) is 11.8. The molecule has 4 nitrogen and oxygen atoms in total. The highest BCUT2D eigenvalue weighted by Gasteiger charge is 2.20. The number of nitrogens with one attached hydrogen (secondary N) is 3. The second-order valence-corrected chi connectivity index (χ2v) is 4.28. The van der Waals surface area contributed by atoms with E-state index in [1.807, 2.05) is 31.3 Å². The molecule has 17 heavy (non-hydrogen) atoms. The highest BCUT2D eigenvalue weighted by molar-refractivity contribution is 5.86. The summed E-state index contributed by atoms with van der Waals surface area (Å²) >= 11 is 0. The zero-order chi connectivity index (χ0) is 12.1. The maximum absolute atomic E-state index is 11.8. The largest absolute Gasteiger partial charge is 0.386 e. The Morgan fingerprint density at radius 1 is 1.24 bits per heavy atom. The van der Waals surface area contributed by atoms with Crippen LogP contribution in [0.25, 0.3) is 0 Å². The summed E-state index contributed by atoms with van der Waals surface area (Å²) in [6.07, 6.45) is 3.04. The van der Waals surface area contributed by atoms with Crippen molar-refractivity contribution >= 4 is 17.3 Å². The molecular weight excluding hydrogens is 214 g/mol. The lowest BCUT2D eigenvalue weighted by Gasteiger charge is -2.18. The van der Waals surface area contributed by atoms with Crippen molar-refractivity contribution in [1.29, 1.82) is 0 Å². The van der Waals surface area contributed by atoms with E-state index < -0.39 is 0 Å². The number of para-hydroxylation sites is 2. The van der Waals surface area contributed by atoms with Gasteiger partial charge in [-0.3, -0.25) is 4.79 Å². The second-order valence-electron chi connectivity index (χ2n) is 4.28. The van der Waals surface area contributed by atoms with Crippen molar-refractivity contribution in [2.24, 2.45) is 0 Å². The number of carbonyl (C=O) groups excluding carboxylic acids is 1. The number of hydrogen-bond donors (Lipinski definition) is 3. The van der Waals surface area contributed by atoms with E-state index in [1.165, 1.54) is 0 Å².